The fourth-order valence-corrected chi connectivity index (χ4v) is 2.87. The fourth-order valence-electron chi connectivity index (χ4n) is 2.87. The van der Waals surface area contributed by atoms with E-state index < -0.39 is 0 Å². The van der Waals surface area contributed by atoms with Crippen molar-refractivity contribution in [3.8, 4) is 11.3 Å². The van der Waals surface area contributed by atoms with Crippen LogP contribution in [-0.2, 0) is 6.42 Å². The zero-order valence-corrected chi connectivity index (χ0v) is 12.9. The lowest BCUT2D eigenvalue weighted by Gasteiger charge is -2.07. The Balaban J connectivity index is 2.27. The van der Waals surface area contributed by atoms with Crippen molar-refractivity contribution < 1.29 is 0 Å². The third-order valence-electron chi connectivity index (χ3n) is 3.90. The maximum atomic E-state index is 5.81. The molecule has 0 unspecified atom stereocenters. The van der Waals surface area contributed by atoms with Gasteiger partial charge in [-0.05, 0) is 50.6 Å². The lowest BCUT2D eigenvalue weighted by atomic mass is 10.0. The molecule has 0 spiro atoms. The smallest absolute Gasteiger partial charge is 0.137 e. The minimum absolute atomic E-state index is 0.625. The quantitative estimate of drug-likeness (QED) is 0.798. The van der Waals surface area contributed by atoms with Gasteiger partial charge in [0.15, 0.2) is 0 Å². The predicted molar refractivity (Wildman–Crippen MR) is 87.6 cm³/mol. The summed E-state index contributed by atoms with van der Waals surface area (Å²) in [6.45, 7) is 6.97. The second-order valence-electron chi connectivity index (χ2n) is 5.70. The van der Waals surface area contributed by atoms with Crippen LogP contribution >= 0.6 is 0 Å². The second-order valence-corrected chi connectivity index (χ2v) is 5.70. The normalized spacial score (nSPS) is 11.2. The predicted octanol–water partition coefficient (Wildman–Crippen LogP) is 3.43. The molecule has 0 radical (unpaired) electrons. The van der Waals surface area contributed by atoms with E-state index in [9.17, 15) is 0 Å². The Morgan fingerprint density at radius 1 is 1.05 bits per heavy atom. The number of imidazole rings is 1. The Hall–Kier alpha value is -2.13. The first-order chi connectivity index (χ1) is 10.1. The van der Waals surface area contributed by atoms with Crippen LogP contribution in [0.3, 0.4) is 0 Å². The van der Waals surface area contributed by atoms with E-state index in [1.54, 1.807) is 0 Å². The highest BCUT2D eigenvalue weighted by Crippen LogP contribution is 2.28. The maximum Gasteiger partial charge on any atom is 0.137 e. The van der Waals surface area contributed by atoms with Gasteiger partial charge >= 0.3 is 0 Å². The van der Waals surface area contributed by atoms with Crippen LogP contribution in [0.4, 0.5) is 0 Å². The van der Waals surface area contributed by atoms with Crippen molar-refractivity contribution in [3.05, 3.63) is 58.9 Å². The summed E-state index contributed by atoms with van der Waals surface area (Å²) >= 11 is 0. The Labute approximate surface area is 125 Å². The number of hydrogen-bond acceptors (Lipinski definition) is 2. The average Bonchev–Trinajstić information content (AvgIpc) is 2.77. The first-order valence-electron chi connectivity index (χ1n) is 7.35. The topological polar surface area (TPSA) is 43.3 Å². The van der Waals surface area contributed by atoms with Gasteiger partial charge in [0.1, 0.15) is 5.65 Å². The lowest BCUT2D eigenvalue weighted by molar-refractivity contribution is 0.906. The number of rotatable bonds is 3. The Morgan fingerprint density at radius 2 is 1.81 bits per heavy atom. The molecule has 3 rings (SSSR count). The van der Waals surface area contributed by atoms with E-state index in [2.05, 4.69) is 61.7 Å². The molecule has 21 heavy (non-hydrogen) atoms. The van der Waals surface area contributed by atoms with Gasteiger partial charge in [-0.15, -0.1) is 0 Å². The van der Waals surface area contributed by atoms with E-state index in [-0.39, 0.29) is 0 Å². The van der Waals surface area contributed by atoms with Crippen LogP contribution in [0.1, 0.15) is 22.4 Å². The van der Waals surface area contributed by atoms with Crippen LogP contribution in [0.5, 0.6) is 0 Å². The standard InChI is InChI=1S/C18H21N3/c1-12-4-5-15(14(3)10-12)18-16(6-8-19)21-9-7-13(2)11-17(21)20-18/h4-5,7,9-11H,6,8,19H2,1-3H3. The average molecular weight is 279 g/mol. The van der Waals surface area contributed by atoms with Crippen molar-refractivity contribution >= 4 is 5.65 Å². The minimum Gasteiger partial charge on any atom is -0.330 e. The van der Waals surface area contributed by atoms with E-state index in [0.717, 1.165) is 17.8 Å². The molecule has 0 aliphatic heterocycles. The number of hydrogen-bond donors (Lipinski definition) is 1. The fraction of sp³-hybridized carbons (Fsp3) is 0.278. The largest absolute Gasteiger partial charge is 0.330 e. The van der Waals surface area contributed by atoms with Crippen LogP contribution < -0.4 is 5.73 Å². The SMILES string of the molecule is Cc1ccc(-c2nc3cc(C)ccn3c2CCN)c(C)c1. The molecule has 3 heteroatoms. The molecule has 2 N–H and O–H groups in total. The highest BCUT2D eigenvalue weighted by atomic mass is 15.0. The van der Waals surface area contributed by atoms with Gasteiger partial charge in [0.2, 0.25) is 0 Å². The molecule has 0 saturated heterocycles. The molecule has 3 aromatic rings. The molecule has 0 atom stereocenters. The number of benzene rings is 1. The van der Waals surface area contributed by atoms with Gasteiger partial charge in [0.05, 0.1) is 11.4 Å². The van der Waals surface area contributed by atoms with Gasteiger partial charge < -0.3 is 10.1 Å². The molecular formula is C18H21N3. The lowest BCUT2D eigenvalue weighted by Crippen LogP contribution is -2.06. The van der Waals surface area contributed by atoms with Gasteiger partial charge in [-0.2, -0.15) is 0 Å². The van der Waals surface area contributed by atoms with Gasteiger partial charge in [0, 0.05) is 18.2 Å². The zero-order valence-electron chi connectivity index (χ0n) is 12.9. The first-order valence-corrected chi connectivity index (χ1v) is 7.35. The van der Waals surface area contributed by atoms with Crippen molar-refractivity contribution in [3.63, 3.8) is 0 Å². The molecule has 0 aliphatic carbocycles. The van der Waals surface area contributed by atoms with Crippen LogP contribution in [-0.4, -0.2) is 15.9 Å². The van der Waals surface area contributed by atoms with Crippen LogP contribution in [0, 0.1) is 20.8 Å². The van der Waals surface area contributed by atoms with E-state index in [1.165, 1.54) is 27.9 Å². The molecule has 0 saturated carbocycles. The van der Waals surface area contributed by atoms with Crippen LogP contribution in [0.2, 0.25) is 0 Å². The maximum absolute atomic E-state index is 5.81. The van der Waals surface area contributed by atoms with Crippen molar-refractivity contribution in [2.45, 2.75) is 27.2 Å². The molecule has 0 fully saturated rings. The number of nitrogens with two attached hydrogens (primary N) is 1. The van der Waals surface area contributed by atoms with Crippen LogP contribution in [0.25, 0.3) is 16.9 Å². The zero-order chi connectivity index (χ0) is 15.0. The highest BCUT2D eigenvalue weighted by molar-refractivity contribution is 5.70. The van der Waals surface area contributed by atoms with Gasteiger partial charge in [-0.3, -0.25) is 0 Å². The molecule has 2 aromatic heterocycles. The molecule has 0 bridgehead atoms. The number of aryl methyl sites for hydroxylation is 3. The van der Waals surface area contributed by atoms with Gasteiger partial charge in [-0.1, -0.05) is 23.8 Å². The molecule has 0 aliphatic rings. The highest BCUT2D eigenvalue weighted by Gasteiger charge is 2.15. The summed E-state index contributed by atoms with van der Waals surface area (Å²) in [6, 6.07) is 10.7. The van der Waals surface area contributed by atoms with Crippen molar-refractivity contribution in [2.75, 3.05) is 6.54 Å². The molecular weight excluding hydrogens is 258 g/mol. The number of pyridine rings is 1. The van der Waals surface area contributed by atoms with Crippen molar-refractivity contribution in [1.29, 1.82) is 0 Å². The van der Waals surface area contributed by atoms with Gasteiger partial charge in [-0.25, -0.2) is 4.98 Å². The van der Waals surface area contributed by atoms with Crippen molar-refractivity contribution in [2.24, 2.45) is 5.73 Å². The van der Waals surface area contributed by atoms with E-state index in [1.807, 2.05) is 0 Å². The monoisotopic (exact) mass is 279 g/mol. The minimum atomic E-state index is 0.625. The molecule has 108 valence electrons. The summed E-state index contributed by atoms with van der Waals surface area (Å²) in [5.41, 5.74) is 14.0. The Bertz CT molecular complexity index is 800. The third-order valence-corrected chi connectivity index (χ3v) is 3.90. The second kappa shape index (κ2) is 5.34. The third kappa shape index (κ3) is 2.45. The van der Waals surface area contributed by atoms with Gasteiger partial charge in [0.25, 0.3) is 0 Å². The molecule has 2 heterocycles. The molecule has 0 amide bonds. The van der Waals surface area contributed by atoms with E-state index in [0.29, 0.717) is 6.54 Å². The Morgan fingerprint density at radius 3 is 2.52 bits per heavy atom. The number of fused-ring (bicyclic) bond motifs is 1. The summed E-state index contributed by atoms with van der Waals surface area (Å²) < 4.78 is 2.16. The number of nitrogens with zero attached hydrogens (tertiary/aromatic N) is 2. The summed E-state index contributed by atoms with van der Waals surface area (Å²) in [7, 11) is 0. The van der Waals surface area contributed by atoms with Crippen LogP contribution in [0.15, 0.2) is 36.5 Å². The summed E-state index contributed by atoms with van der Waals surface area (Å²) in [5.74, 6) is 0. The Kier molecular flexibility index (Phi) is 3.52. The van der Waals surface area contributed by atoms with Crippen molar-refractivity contribution in [1.82, 2.24) is 9.38 Å². The molecule has 3 nitrogen and oxygen atoms in total. The van der Waals surface area contributed by atoms with E-state index in [4.69, 9.17) is 10.7 Å². The summed E-state index contributed by atoms with van der Waals surface area (Å²) in [5, 5.41) is 0. The van der Waals surface area contributed by atoms with E-state index >= 15 is 0 Å². The molecule has 1 aromatic carbocycles. The first kappa shape index (κ1) is 13.8. The number of aromatic nitrogens is 2. The summed E-state index contributed by atoms with van der Waals surface area (Å²) in [4.78, 5) is 4.86. The summed E-state index contributed by atoms with van der Waals surface area (Å²) in [6.07, 6.45) is 2.92.